The van der Waals surface area contributed by atoms with Gasteiger partial charge in [-0.1, -0.05) is 23.8 Å². The molecule has 146 valence electrons. The van der Waals surface area contributed by atoms with Crippen LogP contribution in [0, 0.1) is 13.8 Å². The highest BCUT2D eigenvalue weighted by Crippen LogP contribution is 2.15. The lowest BCUT2D eigenvalue weighted by Crippen LogP contribution is -3.10. The van der Waals surface area contributed by atoms with Crippen LogP contribution < -0.4 is 15.5 Å². The summed E-state index contributed by atoms with van der Waals surface area (Å²) in [4.78, 5) is 26.8. The summed E-state index contributed by atoms with van der Waals surface area (Å²) in [6.45, 7) is 5.32. The van der Waals surface area contributed by atoms with Crippen molar-refractivity contribution in [2.24, 2.45) is 0 Å². The van der Waals surface area contributed by atoms with Crippen molar-refractivity contribution in [3.8, 4) is 0 Å². The molecule has 0 bridgehead atoms. The Bertz CT molecular complexity index is 884. The average Bonchev–Trinajstić information content (AvgIpc) is 3.31. The number of aryl methyl sites for hydroxylation is 2. The van der Waals surface area contributed by atoms with Crippen molar-refractivity contribution < 1.29 is 18.9 Å². The molecular formula is C21H24N3O3S+. The number of benzene rings is 1. The number of imide groups is 1. The third-order valence-electron chi connectivity index (χ3n) is 4.30. The van der Waals surface area contributed by atoms with Crippen molar-refractivity contribution in [1.29, 1.82) is 0 Å². The number of urea groups is 1. The Morgan fingerprint density at radius 1 is 1.11 bits per heavy atom. The molecule has 2 aromatic heterocycles. The van der Waals surface area contributed by atoms with E-state index in [1.54, 1.807) is 17.6 Å². The van der Waals surface area contributed by atoms with Crippen LogP contribution in [0.3, 0.4) is 0 Å². The number of furan rings is 1. The number of quaternary nitrogens is 1. The molecule has 0 aliphatic carbocycles. The number of hydrogen-bond acceptors (Lipinski definition) is 4. The van der Waals surface area contributed by atoms with Gasteiger partial charge in [-0.05, 0) is 49.1 Å². The minimum atomic E-state index is -0.523. The second-order valence-corrected chi connectivity index (χ2v) is 7.79. The van der Waals surface area contributed by atoms with Crippen LogP contribution in [-0.2, 0) is 17.9 Å². The number of carbonyl (C=O) groups excluding carboxylic acids is 2. The molecule has 0 aliphatic heterocycles. The van der Waals surface area contributed by atoms with Crippen LogP contribution in [0.25, 0.3) is 0 Å². The highest BCUT2D eigenvalue weighted by Gasteiger charge is 2.19. The van der Waals surface area contributed by atoms with Crippen LogP contribution in [0.15, 0.2) is 58.5 Å². The number of nitrogens with one attached hydrogen (secondary N) is 3. The van der Waals surface area contributed by atoms with Gasteiger partial charge in [-0.2, -0.15) is 0 Å². The second-order valence-electron chi connectivity index (χ2n) is 6.76. The lowest BCUT2D eigenvalue weighted by Gasteiger charge is -2.17. The highest BCUT2D eigenvalue weighted by molar-refractivity contribution is 7.09. The lowest BCUT2D eigenvalue weighted by molar-refractivity contribution is -0.920. The summed E-state index contributed by atoms with van der Waals surface area (Å²) in [6.07, 6.45) is 1.62. The van der Waals surface area contributed by atoms with Gasteiger partial charge >= 0.3 is 6.03 Å². The standard InChI is InChI=1S/C21H23N3O3S/c1-15-7-8-19(16(2)11-15)22-21(26)23-20(25)14-24(12-17-5-3-9-27-17)13-18-6-4-10-28-18/h3-11H,12-14H2,1-2H3,(H2,22,23,25,26)/p+1. The molecule has 0 saturated heterocycles. The fraction of sp³-hybridized carbons (Fsp3) is 0.238. The normalized spacial score (nSPS) is 11.8. The monoisotopic (exact) mass is 398 g/mol. The molecule has 2 heterocycles. The van der Waals surface area contributed by atoms with Gasteiger partial charge in [0.2, 0.25) is 0 Å². The van der Waals surface area contributed by atoms with Gasteiger partial charge in [0.05, 0.1) is 11.1 Å². The summed E-state index contributed by atoms with van der Waals surface area (Å²) < 4.78 is 5.42. The molecule has 3 N–H and O–H groups in total. The minimum Gasteiger partial charge on any atom is -0.463 e. The maximum absolute atomic E-state index is 12.4. The highest BCUT2D eigenvalue weighted by atomic mass is 32.1. The summed E-state index contributed by atoms with van der Waals surface area (Å²) in [5.41, 5.74) is 2.75. The average molecular weight is 399 g/mol. The molecule has 0 spiro atoms. The number of carbonyl (C=O) groups is 2. The van der Waals surface area contributed by atoms with E-state index in [4.69, 9.17) is 4.42 Å². The minimum absolute atomic E-state index is 0.166. The molecule has 0 fully saturated rings. The molecule has 0 aliphatic rings. The van der Waals surface area contributed by atoms with E-state index in [-0.39, 0.29) is 12.5 Å². The molecule has 3 rings (SSSR count). The van der Waals surface area contributed by atoms with Gasteiger partial charge in [0.1, 0.15) is 13.1 Å². The third-order valence-corrected chi connectivity index (χ3v) is 5.18. The van der Waals surface area contributed by atoms with E-state index < -0.39 is 6.03 Å². The fourth-order valence-electron chi connectivity index (χ4n) is 3.01. The molecule has 6 nitrogen and oxygen atoms in total. The van der Waals surface area contributed by atoms with Crippen LogP contribution in [0.1, 0.15) is 21.8 Å². The van der Waals surface area contributed by atoms with Crippen LogP contribution in [0.4, 0.5) is 10.5 Å². The van der Waals surface area contributed by atoms with E-state index >= 15 is 0 Å². The van der Waals surface area contributed by atoms with Crippen molar-refractivity contribution >= 4 is 29.0 Å². The van der Waals surface area contributed by atoms with E-state index in [1.807, 2.05) is 61.7 Å². The molecule has 28 heavy (non-hydrogen) atoms. The second kappa shape index (κ2) is 9.34. The van der Waals surface area contributed by atoms with E-state index in [0.29, 0.717) is 18.8 Å². The van der Waals surface area contributed by atoms with Gasteiger partial charge in [-0.3, -0.25) is 10.1 Å². The molecule has 0 radical (unpaired) electrons. The zero-order valence-electron chi connectivity index (χ0n) is 16.0. The van der Waals surface area contributed by atoms with Crippen molar-refractivity contribution in [2.45, 2.75) is 26.9 Å². The molecule has 1 aromatic carbocycles. The van der Waals surface area contributed by atoms with Gasteiger partial charge in [0.15, 0.2) is 12.3 Å². The molecular weight excluding hydrogens is 374 g/mol. The van der Waals surface area contributed by atoms with Crippen LogP contribution in [0.2, 0.25) is 0 Å². The molecule has 0 saturated carbocycles. The quantitative estimate of drug-likeness (QED) is 0.573. The molecule has 3 aromatic rings. The van der Waals surface area contributed by atoms with Crippen LogP contribution in [0.5, 0.6) is 0 Å². The SMILES string of the molecule is Cc1ccc(NC(=O)NC(=O)C[NH+](Cc2ccco2)Cc2cccs2)c(C)c1. The third kappa shape index (κ3) is 5.80. The summed E-state index contributed by atoms with van der Waals surface area (Å²) >= 11 is 1.65. The Kier molecular flexibility index (Phi) is 6.62. The number of amides is 3. The van der Waals surface area contributed by atoms with Gasteiger partial charge in [0, 0.05) is 5.69 Å². The first-order chi connectivity index (χ1) is 13.5. The van der Waals surface area contributed by atoms with Gasteiger partial charge in [0.25, 0.3) is 5.91 Å². The Morgan fingerprint density at radius 3 is 2.64 bits per heavy atom. The summed E-state index contributed by atoms with van der Waals surface area (Å²) in [7, 11) is 0. The van der Waals surface area contributed by atoms with Crippen molar-refractivity contribution in [3.05, 3.63) is 75.9 Å². The van der Waals surface area contributed by atoms with Gasteiger partial charge in [-0.25, -0.2) is 4.79 Å². The Morgan fingerprint density at radius 2 is 1.96 bits per heavy atom. The maximum atomic E-state index is 12.4. The van der Waals surface area contributed by atoms with E-state index in [9.17, 15) is 9.59 Å². The first-order valence-electron chi connectivity index (χ1n) is 9.06. The molecule has 1 atom stereocenters. The predicted octanol–water partition coefficient (Wildman–Crippen LogP) is 2.89. The molecule has 7 heteroatoms. The lowest BCUT2D eigenvalue weighted by atomic mass is 10.1. The van der Waals surface area contributed by atoms with Crippen molar-refractivity contribution in [1.82, 2.24) is 5.32 Å². The smallest absolute Gasteiger partial charge is 0.326 e. The summed E-state index contributed by atoms with van der Waals surface area (Å²) in [5, 5.41) is 7.17. The Balaban J connectivity index is 1.58. The van der Waals surface area contributed by atoms with Crippen LogP contribution >= 0.6 is 11.3 Å². The maximum Gasteiger partial charge on any atom is 0.326 e. The Hall–Kier alpha value is -2.90. The van der Waals surface area contributed by atoms with Crippen molar-refractivity contribution in [3.63, 3.8) is 0 Å². The van der Waals surface area contributed by atoms with E-state index in [2.05, 4.69) is 10.6 Å². The number of thiophene rings is 1. The topological polar surface area (TPSA) is 75.8 Å². The van der Waals surface area contributed by atoms with Gasteiger partial charge < -0.3 is 14.6 Å². The number of anilines is 1. The predicted molar refractivity (Wildman–Crippen MR) is 109 cm³/mol. The molecule has 3 amide bonds. The first-order valence-corrected chi connectivity index (χ1v) is 9.94. The zero-order chi connectivity index (χ0) is 19.9. The number of hydrogen-bond donors (Lipinski definition) is 3. The van der Waals surface area contributed by atoms with Crippen molar-refractivity contribution in [2.75, 3.05) is 11.9 Å². The first kappa shape index (κ1) is 19.9. The van der Waals surface area contributed by atoms with Crippen LogP contribution in [-0.4, -0.2) is 18.5 Å². The fourth-order valence-corrected chi connectivity index (χ4v) is 3.79. The Labute approximate surface area is 168 Å². The zero-order valence-corrected chi connectivity index (χ0v) is 16.8. The van der Waals surface area contributed by atoms with Gasteiger partial charge in [-0.15, -0.1) is 11.3 Å². The largest absolute Gasteiger partial charge is 0.463 e. The van der Waals surface area contributed by atoms with E-state index in [1.165, 1.54) is 4.88 Å². The number of rotatable bonds is 7. The molecule has 1 unspecified atom stereocenters. The summed E-state index contributed by atoms with van der Waals surface area (Å²) in [5.74, 6) is 0.472. The van der Waals surface area contributed by atoms with E-state index in [0.717, 1.165) is 21.8 Å². The summed E-state index contributed by atoms with van der Waals surface area (Å²) in [6, 6.07) is 13.0.